The van der Waals surface area contributed by atoms with Gasteiger partial charge in [-0.15, -0.1) is 11.8 Å². The van der Waals surface area contributed by atoms with Gasteiger partial charge >= 0.3 is 5.97 Å². The molecule has 7 nitrogen and oxygen atoms in total. The van der Waals surface area contributed by atoms with Gasteiger partial charge in [0.25, 0.3) is 11.6 Å². The van der Waals surface area contributed by atoms with Gasteiger partial charge in [-0.2, -0.15) is 0 Å². The highest BCUT2D eigenvalue weighted by atomic mass is 32.2. The lowest BCUT2D eigenvalue weighted by Gasteiger charge is -2.19. The summed E-state index contributed by atoms with van der Waals surface area (Å²) in [6.45, 7) is 5.79. The molecule has 148 valence electrons. The van der Waals surface area contributed by atoms with E-state index < -0.39 is 23.4 Å². The molecule has 8 heteroatoms. The largest absolute Gasteiger partial charge is 0.452 e. The first-order valence-electron chi connectivity index (χ1n) is 8.52. The quantitative estimate of drug-likeness (QED) is 0.333. The van der Waals surface area contributed by atoms with E-state index in [1.807, 2.05) is 12.1 Å². The lowest BCUT2D eigenvalue weighted by molar-refractivity contribution is -0.387. The fourth-order valence-electron chi connectivity index (χ4n) is 2.42. The van der Waals surface area contributed by atoms with E-state index in [1.165, 1.54) is 23.9 Å². The molecule has 0 spiro atoms. The molecule has 1 amide bonds. The van der Waals surface area contributed by atoms with Crippen LogP contribution in [0.5, 0.6) is 0 Å². The number of rotatable bonds is 6. The van der Waals surface area contributed by atoms with Crippen molar-refractivity contribution >= 4 is 35.0 Å². The molecule has 0 bridgehead atoms. The number of nitro groups is 1. The van der Waals surface area contributed by atoms with E-state index >= 15 is 0 Å². The van der Waals surface area contributed by atoms with E-state index in [2.05, 4.69) is 26.1 Å². The predicted octanol–water partition coefficient (Wildman–Crippen LogP) is 4.41. The predicted molar refractivity (Wildman–Crippen MR) is 109 cm³/mol. The number of carbonyl (C=O) groups is 2. The third-order valence-corrected chi connectivity index (χ3v) is 4.77. The van der Waals surface area contributed by atoms with E-state index in [0.717, 1.165) is 11.6 Å². The second-order valence-electron chi connectivity index (χ2n) is 7.10. The van der Waals surface area contributed by atoms with E-state index in [1.54, 1.807) is 18.4 Å². The lowest BCUT2D eigenvalue weighted by Crippen LogP contribution is -2.21. The van der Waals surface area contributed by atoms with Crippen molar-refractivity contribution in [2.75, 3.05) is 18.2 Å². The molecule has 0 radical (unpaired) electrons. The van der Waals surface area contributed by atoms with Crippen LogP contribution < -0.4 is 5.32 Å². The maximum atomic E-state index is 12.1. The minimum Gasteiger partial charge on any atom is -0.452 e. The topological polar surface area (TPSA) is 98.5 Å². The Morgan fingerprint density at radius 3 is 2.32 bits per heavy atom. The molecule has 0 unspecified atom stereocenters. The number of ether oxygens (including phenoxy) is 1. The Bertz CT molecular complexity index is 888. The summed E-state index contributed by atoms with van der Waals surface area (Å²) >= 11 is 1.21. The molecule has 0 atom stereocenters. The van der Waals surface area contributed by atoms with Crippen molar-refractivity contribution in [3.05, 3.63) is 63.7 Å². The fraction of sp³-hybridized carbons (Fsp3) is 0.300. The number of nitrogens with one attached hydrogen (secondary N) is 1. The van der Waals surface area contributed by atoms with E-state index in [-0.39, 0.29) is 16.7 Å². The molecule has 28 heavy (non-hydrogen) atoms. The SMILES string of the molecule is CSc1ccc(C(=O)OCC(=O)Nc2ccc(C(C)(C)C)cc2)cc1[N+](=O)[O-]. The van der Waals surface area contributed by atoms with Crippen molar-refractivity contribution in [3.8, 4) is 0 Å². The number of hydrogen-bond acceptors (Lipinski definition) is 6. The molecule has 0 aliphatic heterocycles. The Morgan fingerprint density at radius 1 is 1.14 bits per heavy atom. The molecule has 2 rings (SSSR count). The van der Waals surface area contributed by atoms with E-state index in [4.69, 9.17) is 4.74 Å². The maximum Gasteiger partial charge on any atom is 0.338 e. The zero-order chi connectivity index (χ0) is 20.9. The zero-order valence-electron chi connectivity index (χ0n) is 16.1. The van der Waals surface area contributed by atoms with Gasteiger partial charge in [0.05, 0.1) is 15.4 Å². The normalized spacial score (nSPS) is 11.0. The molecule has 0 aliphatic rings. The molecule has 0 fully saturated rings. The van der Waals surface area contributed by atoms with Crippen LogP contribution in [0.4, 0.5) is 11.4 Å². The second kappa shape index (κ2) is 8.88. The number of nitro benzene ring substituents is 1. The summed E-state index contributed by atoms with van der Waals surface area (Å²) in [5.41, 5.74) is 1.57. The lowest BCUT2D eigenvalue weighted by atomic mass is 9.87. The number of esters is 1. The van der Waals surface area contributed by atoms with Crippen molar-refractivity contribution in [1.82, 2.24) is 0 Å². The van der Waals surface area contributed by atoms with Crippen LogP contribution in [-0.4, -0.2) is 29.7 Å². The number of thioether (sulfide) groups is 1. The summed E-state index contributed by atoms with van der Waals surface area (Å²) < 4.78 is 4.97. The van der Waals surface area contributed by atoms with Crippen molar-refractivity contribution in [1.29, 1.82) is 0 Å². The Balaban J connectivity index is 1.96. The van der Waals surface area contributed by atoms with Crippen LogP contribution >= 0.6 is 11.8 Å². The van der Waals surface area contributed by atoms with Crippen LogP contribution in [0.1, 0.15) is 36.7 Å². The molecule has 0 aliphatic carbocycles. The second-order valence-corrected chi connectivity index (χ2v) is 7.94. The summed E-state index contributed by atoms with van der Waals surface area (Å²) in [7, 11) is 0. The summed E-state index contributed by atoms with van der Waals surface area (Å²) in [5, 5.41) is 13.7. The third kappa shape index (κ3) is 5.56. The van der Waals surface area contributed by atoms with Gasteiger partial charge in [-0.1, -0.05) is 32.9 Å². The smallest absolute Gasteiger partial charge is 0.338 e. The van der Waals surface area contributed by atoms with Crippen molar-refractivity contribution in [2.24, 2.45) is 0 Å². The van der Waals surface area contributed by atoms with Crippen LogP contribution in [-0.2, 0) is 14.9 Å². The summed E-state index contributed by atoms with van der Waals surface area (Å²) in [4.78, 5) is 35.1. The zero-order valence-corrected chi connectivity index (χ0v) is 17.0. The van der Waals surface area contributed by atoms with Gasteiger partial charge in [0, 0.05) is 11.8 Å². The van der Waals surface area contributed by atoms with Crippen molar-refractivity contribution < 1.29 is 19.2 Å². The van der Waals surface area contributed by atoms with Gasteiger partial charge in [-0.05, 0) is 41.5 Å². The Kier molecular flexibility index (Phi) is 6.80. The van der Waals surface area contributed by atoms with Gasteiger partial charge in [0.15, 0.2) is 6.61 Å². The fourth-order valence-corrected chi connectivity index (χ4v) is 2.97. The van der Waals surface area contributed by atoms with Gasteiger partial charge in [0.2, 0.25) is 0 Å². The Morgan fingerprint density at radius 2 is 1.79 bits per heavy atom. The van der Waals surface area contributed by atoms with Crippen molar-refractivity contribution in [3.63, 3.8) is 0 Å². The van der Waals surface area contributed by atoms with E-state index in [9.17, 15) is 19.7 Å². The number of amides is 1. The number of hydrogen-bond donors (Lipinski definition) is 1. The molecule has 0 saturated heterocycles. The number of benzene rings is 2. The van der Waals surface area contributed by atoms with Crippen LogP contribution in [0.2, 0.25) is 0 Å². The maximum absolute atomic E-state index is 12.1. The van der Waals surface area contributed by atoms with Gasteiger partial charge in [-0.25, -0.2) is 4.79 Å². The average Bonchev–Trinajstić information content (AvgIpc) is 2.65. The number of anilines is 1. The van der Waals surface area contributed by atoms with Gasteiger partial charge in [0.1, 0.15) is 0 Å². The highest BCUT2D eigenvalue weighted by Crippen LogP contribution is 2.28. The molecule has 0 saturated carbocycles. The highest BCUT2D eigenvalue weighted by molar-refractivity contribution is 7.98. The number of nitrogens with zero attached hydrogens (tertiary/aromatic N) is 1. The first kappa shape index (κ1) is 21.4. The van der Waals surface area contributed by atoms with Gasteiger partial charge < -0.3 is 10.1 Å². The minimum atomic E-state index is -0.797. The molecule has 1 N–H and O–H groups in total. The summed E-state index contributed by atoms with van der Waals surface area (Å²) in [5.74, 6) is -1.29. The molecule has 2 aromatic rings. The standard InChI is InChI=1S/C20H22N2O5S/c1-20(2,3)14-6-8-15(9-7-14)21-18(23)12-27-19(24)13-5-10-17(28-4)16(11-13)22(25)26/h5-11H,12H2,1-4H3,(H,21,23). The Hall–Kier alpha value is -2.87. The molecular formula is C20H22N2O5S. The van der Waals surface area contributed by atoms with Crippen LogP contribution in [0.15, 0.2) is 47.4 Å². The summed E-state index contributed by atoms with van der Waals surface area (Å²) in [6, 6.07) is 11.5. The third-order valence-electron chi connectivity index (χ3n) is 3.98. The molecule has 0 heterocycles. The first-order chi connectivity index (χ1) is 13.1. The minimum absolute atomic E-state index is 0.00646. The Labute approximate surface area is 167 Å². The highest BCUT2D eigenvalue weighted by Gasteiger charge is 2.19. The molecular weight excluding hydrogens is 380 g/mol. The summed E-state index contributed by atoms with van der Waals surface area (Å²) in [6.07, 6.45) is 1.71. The van der Waals surface area contributed by atoms with Crippen molar-refractivity contribution in [2.45, 2.75) is 31.1 Å². The first-order valence-corrected chi connectivity index (χ1v) is 9.74. The van der Waals surface area contributed by atoms with Crippen LogP contribution in [0, 0.1) is 10.1 Å². The molecule has 0 aromatic heterocycles. The number of carbonyl (C=O) groups excluding carboxylic acids is 2. The van der Waals surface area contributed by atoms with Crippen LogP contribution in [0.3, 0.4) is 0 Å². The van der Waals surface area contributed by atoms with E-state index in [0.29, 0.717) is 10.6 Å². The molecule has 2 aromatic carbocycles. The average molecular weight is 402 g/mol. The van der Waals surface area contributed by atoms with Gasteiger partial charge in [-0.3, -0.25) is 14.9 Å². The monoisotopic (exact) mass is 402 g/mol. The van der Waals surface area contributed by atoms with Crippen LogP contribution in [0.25, 0.3) is 0 Å².